The number of nitrogens with two attached hydrogens (primary N) is 2. The molecule has 1 aromatic rings. The minimum Gasteiger partial charge on any atom is -0.397 e. The van der Waals surface area contributed by atoms with Crippen molar-refractivity contribution in [2.45, 2.75) is 0 Å². The molecule has 2 rings (SSSR count). The smallest absolute Gasteiger partial charge is 0.250 e. The Morgan fingerprint density at radius 2 is 2.17 bits per heavy atom. The molecule has 0 spiro atoms. The van der Waals surface area contributed by atoms with E-state index in [-0.39, 0.29) is 23.7 Å². The van der Waals surface area contributed by atoms with Crippen LogP contribution in [0.15, 0.2) is 12.3 Å². The van der Waals surface area contributed by atoms with E-state index >= 15 is 0 Å². The van der Waals surface area contributed by atoms with Crippen LogP contribution in [0, 0.1) is 0 Å². The maximum absolute atomic E-state index is 11.6. The number of likely N-dealkylation sites (N-methyl/N-ethyl adjacent to an activating group) is 1. The molecule has 7 nitrogen and oxygen atoms in total. The molecule has 1 saturated heterocycles. The predicted octanol–water partition coefficient (Wildman–Crippen LogP) is -0.959. The summed E-state index contributed by atoms with van der Waals surface area (Å²) in [7, 11) is 1.75. The van der Waals surface area contributed by atoms with Crippen molar-refractivity contribution in [1.29, 1.82) is 0 Å². The van der Waals surface area contributed by atoms with Gasteiger partial charge in [-0.15, -0.1) is 0 Å². The van der Waals surface area contributed by atoms with Crippen LogP contribution in [0.5, 0.6) is 0 Å². The Morgan fingerprint density at radius 3 is 2.78 bits per heavy atom. The van der Waals surface area contributed by atoms with E-state index in [2.05, 4.69) is 4.98 Å². The lowest BCUT2D eigenvalue weighted by molar-refractivity contribution is -0.129. The van der Waals surface area contributed by atoms with E-state index in [1.165, 1.54) is 12.3 Å². The second-order valence-electron chi connectivity index (χ2n) is 4.23. The summed E-state index contributed by atoms with van der Waals surface area (Å²) in [5, 5.41) is 0. The van der Waals surface area contributed by atoms with Crippen molar-refractivity contribution in [3.63, 3.8) is 0 Å². The zero-order valence-corrected chi connectivity index (χ0v) is 10.1. The molecular formula is C11H15N5O2. The Balaban J connectivity index is 2.26. The monoisotopic (exact) mass is 249 g/mol. The van der Waals surface area contributed by atoms with Gasteiger partial charge >= 0.3 is 0 Å². The van der Waals surface area contributed by atoms with Gasteiger partial charge in [0.15, 0.2) is 0 Å². The van der Waals surface area contributed by atoms with Crippen LogP contribution in [-0.4, -0.2) is 48.4 Å². The minimum atomic E-state index is -0.600. The molecule has 1 aliphatic heterocycles. The van der Waals surface area contributed by atoms with Gasteiger partial charge in [0.25, 0.3) is 5.91 Å². The van der Waals surface area contributed by atoms with Gasteiger partial charge in [0.1, 0.15) is 5.82 Å². The number of hydrogen-bond donors (Lipinski definition) is 2. The van der Waals surface area contributed by atoms with Crippen LogP contribution in [0.25, 0.3) is 0 Å². The SMILES string of the molecule is CN1CCN(c2cc(C(N)=O)c(N)cn2)CC1=O. The fourth-order valence-electron chi connectivity index (χ4n) is 1.80. The Bertz CT molecular complexity index is 502. The Morgan fingerprint density at radius 1 is 1.44 bits per heavy atom. The summed E-state index contributed by atoms with van der Waals surface area (Å²) in [5.41, 5.74) is 11.3. The second kappa shape index (κ2) is 4.52. The molecule has 1 aromatic heterocycles. The lowest BCUT2D eigenvalue weighted by Crippen LogP contribution is -2.48. The molecule has 96 valence electrons. The zero-order chi connectivity index (χ0) is 13.3. The fraction of sp³-hybridized carbons (Fsp3) is 0.364. The second-order valence-corrected chi connectivity index (χ2v) is 4.23. The van der Waals surface area contributed by atoms with Gasteiger partial charge in [-0.05, 0) is 6.07 Å². The van der Waals surface area contributed by atoms with Crippen molar-refractivity contribution < 1.29 is 9.59 Å². The number of carbonyl (C=O) groups is 2. The third-order valence-corrected chi connectivity index (χ3v) is 2.97. The highest BCUT2D eigenvalue weighted by atomic mass is 16.2. The maximum Gasteiger partial charge on any atom is 0.250 e. The molecule has 2 amide bonds. The van der Waals surface area contributed by atoms with Crippen LogP contribution in [0.2, 0.25) is 0 Å². The number of piperazine rings is 1. The molecule has 4 N–H and O–H groups in total. The molecule has 0 aliphatic carbocycles. The molecule has 7 heteroatoms. The molecule has 0 atom stereocenters. The Kier molecular flexibility index (Phi) is 3.05. The number of pyridine rings is 1. The van der Waals surface area contributed by atoms with E-state index in [1.54, 1.807) is 16.8 Å². The van der Waals surface area contributed by atoms with Crippen molar-refractivity contribution >= 4 is 23.3 Å². The first kappa shape index (κ1) is 12.2. The topological polar surface area (TPSA) is 106 Å². The molecule has 1 aliphatic rings. The highest BCUT2D eigenvalue weighted by Crippen LogP contribution is 2.19. The summed E-state index contributed by atoms with van der Waals surface area (Å²) >= 11 is 0. The number of nitrogens with zero attached hydrogens (tertiary/aromatic N) is 3. The molecule has 0 unspecified atom stereocenters. The number of carbonyl (C=O) groups excluding carboxylic acids is 2. The van der Waals surface area contributed by atoms with Gasteiger partial charge in [0.05, 0.1) is 24.0 Å². The number of aromatic nitrogens is 1. The van der Waals surface area contributed by atoms with Gasteiger partial charge in [-0.1, -0.05) is 0 Å². The standard InChI is InChI=1S/C11H15N5O2/c1-15-2-3-16(6-10(15)17)9-4-7(11(13)18)8(12)5-14-9/h4-5H,2-3,6,12H2,1H3,(H2,13,18). The van der Waals surface area contributed by atoms with Crippen LogP contribution in [-0.2, 0) is 4.79 Å². The molecule has 0 saturated carbocycles. The van der Waals surface area contributed by atoms with Crippen LogP contribution in [0.4, 0.5) is 11.5 Å². The number of primary amides is 1. The molecule has 0 aromatic carbocycles. The summed E-state index contributed by atoms with van der Waals surface area (Å²) in [6, 6.07) is 1.52. The molecule has 1 fully saturated rings. The average molecular weight is 249 g/mol. The van der Waals surface area contributed by atoms with E-state index in [4.69, 9.17) is 11.5 Å². The van der Waals surface area contributed by atoms with E-state index in [0.29, 0.717) is 18.9 Å². The quantitative estimate of drug-likeness (QED) is 0.702. The average Bonchev–Trinajstić information content (AvgIpc) is 2.33. The molecule has 0 radical (unpaired) electrons. The first-order chi connectivity index (χ1) is 8.49. The van der Waals surface area contributed by atoms with E-state index in [0.717, 1.165) is 0 Å². The van der Waals surface area contributed by atoms with Crippen molar-refractivity contribution in [2.75, 3.05) is 37.3 Å². The van der Waals surface area contributed by atoms with Gasteiger partial charge in [-0.2, -0.15) is 0 Å². The normalized spacial score (nSPS) is 15.9. The Labute approximate surface area is 104 Å². The number of nitrogen functional groups attached to an aromatic ring is 1. The molecule has 2 heterocycles. The highest BCUT2D eigenvalue weighted by Gasteiger charge is 2.22. The maximum atomic E-state index is 11.6. The lowest BCUT2D eigenvalue weighted by Gasteiger charge is -2.32. The van der Waals surface area contributed by atoms with Crippen molar-refractivity contribution in [3.05, 3.63) is 17.8 Å². The van der Waals surface area contributed by atoms with Crippen LogP contribution >= 0.6 is 0 Å². The summed E-state index contributed by atoms with van der Waals surface area (Å²) in [6.07, 6.45) is 1.39. The first-order valence-corrected chi connectivity index (χ1v) is 5.53. The first-order valence-electron chi connectivity index (χ1n) is 5.53. The Hall–Kier alpha value is -2.31. The predicted molar refractivity (Wildman–Crippen MR) is 67.0 cm³/mol. The van der Waals surface area contributed by atoms with E-state index in [9.17, 15) is 9.59 Å². The van der Waals surface area contributed by atoms with Crippen molar-refractivity contribution in [3.8, 4) is 0 Å². The van der Waals surface area contributed by atoms with Crippen molar-refractivity contribution in [1.82, 2.24) is 9.88 Å². The summed E-state index contributed by atoms with van der Waals surface area (Å²) in [5.74, 6) is -0.0449. The van der Waals surface area contributed by atoms with Gasteiger partial charge in [-0.3, -0.25) is 9.59 Å². The number of hydrogen-bond acceptors (Lipinski definition) is 5. The lowest BCUT2D eigenvalue weighted by atomic mass is 10.2. The van der Waals surface area contributed by atoms with Gasteiger partial charge in [0.2, 0.25) is 5.91 Å². The zero-order valence-electron chi connectivity index (χ0n) is 10.1. The third-order valence-electron chi connectivity index (χ3n) is 2.97. The summed E-state index contributed by atoms with van der Waals surface area (Å²) in [6.45, 7) is 1.53. The number of amides is 2. The van der Waals surface area contributed by atoms with Crippen LogP contribution in [0.1, 0.15) is 10.4 Å². The summed E-state index contributed by atoms with van der Waals surface area (Å²) in [4.78, 5) is 30.4. The van der Waals surface area contributed by atoms with E-state index in [1.807, 2.05) is 0 Å². The minimum absolute atomic E-state index is 0.0144. The number of anilines is 2. The fourth-order valence-corrected chi connectivity index (χ4v) is 1.80. The van der Waals surface area contributed by atoms with E-state index < -0.39 is 5.91 Å². The number of rotatable bonds is 2. The summed E-state index contributed by atoms with van der Waals surface area (Å²) < 4.78 is 0. The van der Waals surface area contributed by atoms with Gasteiger partial charge in [-0.25, -0.2) is 4.98 Å². The molecule has 18 heavy (non-hydrogen) atoms. The largest absolute Gasteiger partial charge is 0.397 e. The van der Waals surface area contributed by atoms with Crippen LogP contribution in [0.3, 0.4) is 0 Å². The molecular weight excluding hydrogens is 234 g/mol. The highest BCUT2D eigenvalue weighted by molar-refractivity contribution is 5.98. The third kappa shape index (κ3) is 2.20. The van der Waals surface area contributed by atoms with Gasteiger partial charge in [0, 0.05) is 20.1 Å². The van der Waals surface area contributed by atoms with Gasteiger partial charge < -0.3 is 21.3 Å². The van der Waals surface area contributed by atoms with Crippen molar-refractivity contribution in [2.24, 2.45) is 5.73 Å². The van der Waals surface area contributed by atoms with Crippen LogP contribution < -0.4 is 16.4 Å². The molecule has 0 bridgehead atoms.